The Bertz CT molecular complexity index is 521. The van der Waals surface area contributed by atoms with E-state index in [2.05, 4.69) is 29.6 Å². The summed E-state index contributed by atoms with van der Waals surface area (Å²) in [5, 5.41) is 3.38. The van der Waals surface area contributed by atoms with Crippen LogP contribution < -0.4 is 5.32 Å². The third-order valence-corrected chi connectivity index (χ3v) is 3.80. The van der Waals surface area contributed by atoms with Gasteiger partial charge in [0.25, 0.3) is 0 Å². The highest BCUT2D eigenvalue weighted by Crippen LogP contribution is 2.30. The molecule has 0 aliphatic carbocycles. The summed E-state index contributed by atoms with van der Waals surface area (Å²) in [6, 6.07) is 10.9. The van der Waals surface area contributed by atoms with E-state index in [4.69, 9.17) is 9.15 Å². The van der Waals surface area contributed by atoms with Gasteiger partial charge < -0.3 is 14.5 Å². The SMILES string of the molecule is CNC(Cc1ccoc1)C1OCCc2ccccc21. The van der Waals surface area contributed by atoms with E-state index in [1.54, 1.807) is 12.5 Å². The Morgan fingerprint density at radius 2 is 2.21 bits per heavy atom. The monoisotopic (exact) mass is 257 g/mol. The van der Waals surface area contributed by atoms with Crippen molar-refractivity contribution in [1.82, 2.24) is 5.32 Å². The molecular weight excluding hydrogens is 238 g/mol. The summed E-state index contributed by atoms with van der Waals surface area (Å²) in [7, 11) is 1.99. The molecule has 2 heterocycles. The van der Waals surface area contributed by atoms with E-state index in [1.165, 1.54) is 16.7 Å². The molecule has 0 amide bonds. The molecule has 0 radical (unpaired) electrons. The Balaban J connectivity index is 1.84. The summed E-state index contributed by atoms with van der Waals surface area (Å²) >= 11 is 0. The fourth-order valence-electron chi connectivity index (χ4n) is 2.78. The molecule has 0 spiro atoms. The van der Waals surface area contributed by atoms with Crippen molar-refractivity contribution in [2.45, 2.75) is 25.0 Å². The lowest BCUT2D eigenvalue weighted by Crippen LogP contribution is -2.37. The van der Waals surface area contributed by atoms with Crippen LogP contribution in [0.15, 0.2) is 47.3 Å². The first-order valence-corrected chi connectivity index (χ1v) is 6.76. The number of furan rings is 1. The number of rotatable bonds is 4. The van der Waals surface area contributed by atoms with Gasteiger partial charge in [-0.2, -0.15) is 0 Å². The molecule has 1 aliphatic rings. The zero-order valence-electron chi connectivity index (χ0n) is 11.1. The average Bonchev–Trinajstić information content (AvgIpc) is 2.97. The number of ether oxygens (including phenoxy) is 1. The number of likely N-dealkylation sites (N-methyl/N-ethyl adjacent to an activating group) is 1. The molecule has 3 rings (SSSR count). The highest BCUT2D eigenvalue weighted by Gasteiger charge is 2.28. The van der Waals surface area contributed by atoms with Crippen LogP contribution in [0.1, 0.15) is 22.8 Å². The van der Waals surface area contributed by atoms with E-state index >= 15 is 0 Å². The molecule has 0 fully saturated rings. The maximum atomic E-state index is 6.01. The number of nitrogens with one attached hydrogen (secondary N) is 1. The second-order valence-electron chi connectivity index (χ2n) is 4.97. The zero-order valence-corrected chi connectivity index (χ0v) is 11.1. The Labute approximate surface area is 113 Å². The largest absolute Gasteiger partial charge is 0.472 e. The second-order valence-corrected chi connectivity index (χ2v) is 4.97. The fraction of sp³-hybridized carbons (Fsp3) is 0.375. The van der Waals surface area contributed by atoms with Crippen molar-refractivity contribution in [3.05, 3.63) is 59.5 Å². The minimum Gasteiger partial charge on any atom is -0.472 e. The summed E-state index contributed by atoms with van der Waals surface area (Å²) in [6.07, 6.45) is 5.56. The summed E-state index contributed by atoms with van der Waals surface area (Å²) in [4.78, 5) is 0. The molecule has 2 atom stereocenters. The average molecular weight is 257 g/mol. The predicted octanol–water partition coefficient (Wildman–Crippen LogP) is 2.72. The fourth-order valence-corrected chi connectivity index (χ4v) is 2.78. The van der Waals surface area contributed by atoms with Crippen LogP contribution in [0.4, 0.5) is 0 Å². The van der Waals surface area contributed by atoms with Gasteiger partial charge in [0.1, 0.15) is 0 Å². The van der Waals surface area contributed by atoms with Gasteiger partial charge in [0.2, 0.25) is 0 Å². The van der Waals surface area contributed by atoms with Crippen molar-refractivity contribution in [2.75, 3.05) is 13.7 Å². The van der Waals surface area contributed by atoms with Gasteiger partial charge in [-0.1, -0.05) is 24.3 Å². The van der Waals surface area contributed by atoms with Crippen molar-refractivity contribution in [3.8, 4) is 0 Å². The second kappa shape index (κ2) is 5.59. The van der Waals surface area contributed by atoms with E-state index in [0.29, 0.717) is 0 Å². The van der Waals surface area contributed by atoms with Crippen molar-refractivity contribution < 1.29 is 9.15 Å². The molecule has 2 aromatic rings. The van der Waals surface area contributed by atoms with Crippen LogP contribution in [0.5, 0.6) is 0 Å². The quantitative estimate of drug-likeness (QED) is 0.914. The first-order valence-electron chi connectivity index (χ1n) is 6.76. The van der Waals surface area contributed by atoms with Gasteiger partial charge in [-0.15, -0.1) is 0 Å². The standard InChI is InChI=1S/C16H19NO2/c1-17-15(10-12-6-8-18-11-12)16-14-5-3-2-4-13(14)7-9-19-16/h2-6,8,11,15-17H,7,9-10H2,1H3. The molecule has 0 bridgehead atoms. The van der Waals surface area contributed by atoms with Crippen LogP contribution in [0.3, 0.4) is 0 Å². The summed E-state index contributed by atoms with van der Waals surface area (Å²) < 4.78 is 11.2. The van der Waals surface area contributed by atoms with Gasteiger partial charge in [0, 0.05) is 6.04 Å². The molecule has 3 heteroatoms. The molecule has 0 saturated carbocycles. The van der Waals surface area contributed by atoms with E-state index < -0.39 is 0 Å². The smallest absolute Gasteiger partial charge is 0.0983 e. The highest BCUT2D eigenvalue weighted by molar-refractivity contribution is 5.32. The first kappa shape index (κ1) is 12.5. The molecule has 0 saturated heterocycles. The van der Waals surface area contributed by atoms with Crippen LogP contribution in [0, 0.1) is 0 Å². The van der Waals surface area contributed by atoms with Crippen LogP contribution in [-0.4, -0.2) is 19.7 Å². The van der Waals surface area contributed by atoms with Crippen molar-refractivity contribution >= 4 is 0 Å². The third-order valence-electron chi connectivity index (χ3n) is 3.80. The number of fused-ring (bicyclic) bond motifs is 1. The minimum atomic E-state index is 0.116. The molecule has 3 nitrogen and oxygen atoms in total. The van der Waals surface area contributed by atoms with Gasteiger partial charge in [0.05, 0.1) is 25.2 Å². The number of benzene rings is 1. The molecule has 19 heavy (non-hydrogen) atoms. The van der Waals surface area contributed by atoms with E-state index in [0.717, 1.165) is 19.4 Å². The topological polar surface area (TPSA) is 34.4 Å². The van der Waals surface area contributed by atoms with Gasteiger partial charge in [-0.05, 0) is 42.6 Å². The Morgan fingerprint density at radius 1 is 1.32 bits per heavy atom. The maximum absolute atomic E-state index is 6.01. The molecule has 1 N–H and O–H groups in total. The Hall–Kier alpha value is -1.58. The molecule has 2 unspecified atom stereocenters. The van der Waals surface area contributed by atoms with Gasteiger partial charge >= 0.3 is 0 Å². The zero-order chi connectivity index (χ0) is 13.1. The normalized spacial score (nSPS) is 19.9. The van der Waals surface area contributed by atoms with Crippen molar-refractivity contribution in [2.24, 2.45) is 0 Å². The number of hydrogen-bond donors (Lipinski definition) is 1. The summed E-state index contributed by atoms with van der Waals surface area (Å²) in [6.45, 7) is 0.797. The van der Waals surface area contributed by atoms with E-state index in [-0.39, 0.29) is 12.1 Å². The van der Waals surface area contributed by atoms with Gasteiger partial charge in [-0.3, -0.25) is 0 Å². The summed E-state index contributed by atoms with van der Waals surface area (Å²) in [5.41, 5.74) is 3.92. The van der Waals surface area contributed by atoms with E-state index in [9.17, 15) is 0 Å². The van der Waals surface area contributed by atoms with Crippen LogP contribution in [-0.2, 0) is 17.6 Å². The minimum absolute atomic E-state index is 0.116. The van der Waals surface area contributed by atoms with Crippen LogP contribution in [0.2, 0.25) is 0 Å². The summed E-state index contributed by atoms with van der Waals surface area (Å²) in [5.74, 6) is 0. The molecule has 1 aliphatic heterocycles. The lowest BCUT2D eigenvalue weighted by Gasteiger charge is -2.32. The van der Waals surface area contributed by atoms with Crippen molar-refractivity contribution in [3.63, 3.8) is 0 Å². The van der Waals surface area contributed by atoms with Crippen LogP contribution >= 0.6 is 0 Å². The maximum Gasteiger partial charge on any atom is 0.0983 e. The molecule has 1 aromatic heterocycles. The highest BCUT2D eigenvalue weighted by atomic mass is 16.5. The number of hydrogen-bond acceptors (Lipinski definition) is 3. The molecular formula is C16H19NO2. The Kier molecular flexibility index (Phi) is 3.67. The third kappa shape index (κ3) is 2.57. The lowest BCUT2D eigenvalue weighted by atomic mass is 9.91. The van der Waals surface area contributed by atoms with Crippen LogP contribution in [0.25, 0.3) is 0 Å². The van der Waals surface area contributed by atoms with Gasteiger partial charge in [0.15, 0.2) is 0 Å². The first-order chi connectivity index (χ1) is 9.38. The predicted molar refractivity (Wildman–Crippen MR) is 74.1 cm³/mol. The Morgan fingerprint density at radius 3 is 3.00 bits per heavy atom. The molecule has 1 aromatic carbocycles. The lowest BCUT2D eigenvalue weighted by molar-refractivity contribution is 0.0172. The van der Waals surface area contributed by atoms with Gasteiger partial charge in [-0.25, -0.2) is 0 Å². The molecule has 100 valence electrons. The van der Waals surface area contributed by atoms with Crippen molar-refractivity contribution in [1.29, 1.82) is 0 Å². The van der Waals surface area contributed by atoms with E-state index in [1.807, 2.05) is 13.1 Å².